The summed E-state index contributed by atoms with van der Waals surface area (Å²) in [5, 5.41) is 22.4. The highest BCUT2D eigenvalue weighted by molar-refractivity contribution is 5.66. The maximum absolute atomic E-state index is 10.8. The zero-order chi connectivity index (χ0) is 13.4. The Kier molecular flexibility index (Phi) is 5.66. The normalized spacial score (nSPS) is 10.7. The molecule has 0 unspecified atom stereocenters. The molecule has 0 saturated carbocycles. The first-order chi connectivity index (χ1) is 8.65. The third-order valence-electron chi connectivity index (χ3n) is 2.31. The lowest BCUT2D eigenvalue weighted by Crippen LogP contribution is -2.04. The van der Waals surface area contributed by atoms with Crippen LogP contribution in [0.3, 0.4) is 0 Å². The molecule has 18 heavy (non-hydrogen) atoms. The second-order valence-electron chi connectivity index (χ2n) is 3.73. The van der Waals surface area contributed by atoms with E-state index in [1.54, 1.807) is 12.1 Å². The van der Waals surface area contributed by atoms with Crippen LogP contribution >= 0.6 is 0 Å². The Morgan fingerprint density at radius 3 is 2.78 bits per heavy atom. The van der Waals surface area contributed by atoms with Gasteiger partial charge in [0, 0.05) is 24.9 Å². The summed E-state index contributed by atoms with van der Waals surface area (Å²) in [4.78, 5) is 10.4. The molecule has 98 valence electrons. The molecule has 0 spiro atoms. The highest BCUT2D eigenvalue weighted by Crippen LogP contribution is 2.26. The number of rotatable bonds is 7. The van der Waals surface area contributed by atoms with E-state index >= 15 is 0 Å². The fraction of sp³-hybridized carbons (Fsp3) is 0.333. The van der Waals surface area contributed by atoms with E-state index in [-0.39, 0.29) is 12.3 Å². The summed E-state index contributed by atoms with van der Waals surface area (Å²) >= 11 is 0. The average Bonchev–Trinajstić information content (AvgIpc) is 2.35. The molecule has 0 bridgehead atoms. The third kappa shape index (κ3) is 4.42. The summed E-state index contributed by atoms with van der Waals surface area (Å²) in [5.74, 6) is 0. The number of aliphatic hydroxyl groups excluding tert-OH is 1. The Labute approximate surface area is 105 Å². The van der Waals surface area contributed by atoms with Gasteiger partial charge < -0.3 is 16.2 Å². The molecular weight excluding hydrogens is 234 g/mol. The lowest BCUT2D eigenvalue weighted by atomic mass is 10.2. The van der Waals surface area contributed by atoms with E-state index in [1.165, 1.54) is 6.07 Å². The Hall–Kier alpha value is -2.08. The Balaban J connectivity index is 2.54. The van der Waals surface area contributed by atoms with Crippen LogP contribution in [0.15, 0.2) is 30.4 Å². The second-order valence-corrected chi connectivity index (χ2v) is 3.73. The number of nitrogens with two attached hydrogens (primary N) is 1. The Morgan fingerprint density at radius 1 is 1.39 bits per heavy atom. The van der Waals surface area contributed by atoms with Crippen LogP contribution in [0.1, 0.15) is 12.8 Å². The Bertz CT molecular complexity index is 433. The average molecular weight is 251 g/mol. The van der Waals surface area contributed by atoms with Crippen molar-refractivity contribution in [1.29, 1.82) is 0 Å². The van der Waals surface area contributed by atoms with Crippen molar-refractivity contribution in [3.8, 4) is 0 Å². The van der Waals surface area contributed by atoms with Crippen molar-refractivity contribution in [3.63, 3.8) is 0 Å². The van der Waals surface area contributed by atoms with Gasteiger partial charge in [-0.15, -0.1) is 0 Å². The number of hydrogen-bond donors (Lipinski definition) is 3. The number of hydrogen-bond acceptors (Lipinski definition) is 5. The minimum atomic E-state index is -0.458. The van der Waals surface area contributed by atoms with Crippen LogP contribution in [-0.4, -0.2) is 23.2 Å². The number of nitro benzene ring substituents is 1. The second kappa shape index (κ2) is 7.29. The van der Waals surface area contributed by atoms with Crippen LogP contribution in [0.2, 0.25) is 0 Å². The SMILES string of the molecule is Nc1ccc(NCC/C=C/CCO)c([N+](=O)[O-])c1. The molecule has 0 aromatic heterocycles. The van der Waals surface area contributed by atoms with Gasteiger partial charge in [-0.2, -0.15) is 0 Å². The van der Waals surface area contributed by atoms with Gasteiger partial charge in [0.15, 0.2) is 0 Å². The predicted molar refractivity (Wildman–Crippen MR) is 71.5 cm³/mol. The highest BCUT2D eigenvalue weighted by atomic mass is 16.6. The van der Waals surface area contributed by atoms with Gasteiger partial charge in [-0.3, -0.25) is 10.1 Å². The molecule has 0 aliphatic heterocycles. The molecule has 1 aromatic rings. The van der Waals surface area contributed by atoms with E-state index in [0.29, 0.717) is 24.3 Å². The molecule has 0 aliphatic carbocycles. The van der Waals surface area contributed by atoms with E-state index in [2.05, 4.69) is 5.32 Å². The fourth-order valence-electron chi connectivity index (χ4n) is 1.45. The van der Waals surface area contributed by atoms with E-state index < -0.39 is 4.92 Å². The van der Waals surface area contributed by atoms with Crippen LogP contribution in [0.4, 0.5) is 17.1 Å². The lowest BCUT2D eigenvalue weighted by Gasteiger charge is -2.06. The first kappa shape index (κ1) is 14.0. The minimum absolute atomic E-state index is 0.0191. The molecule has 0 fully saturated rings. The smallest absolute Gasteiger partial charge is 0.294 e. The molecular formula is C12H17N3O3. The van der Waals surface area contributed by atoms with E-state index in [4.69, 9.17) is 10.8 Å². The van der Waals surface area contributed by atoms with Gasteiger partial charge in [0.05, 0.1) is 4.92 Å². The summed E-state index contributed by atoms with van der Waals surface area (Å²) in [6, 6.07) is 4.56. The lowest BCUT2D eigenvalue weighted by molar-refractivity contribution is -0.383. The molecule has 0 amide bonds. The quantitative estimate of drug-likeness (QED) is 0.226. The van der Waals surface area contributed by atoms with Crippen molar-refractivity contribution in [2.24, 2.45) is 0 Å². The molecule has 0 radical (unpaired) electrons. The first-order valence-corrected chi connectivity index (χ1v) is 5.69. The molecule has 1 aromatic carbocycles. The molecule has 0 heterocycles. The van der Waals surface area contributed by atoms with Crippen LogP contribution < -0.4 is 11.1 Å². The summed E-state index contributed by atoms with van der Waals surface area (Å²) in [5.41, 5.74) is 6.32. The van der Waals surface area contributed by atoms with Crippen molar-refractivity contribution in [2.75, 3.05) is 24.2 Å². The van der Waals surface area contributed by atoms with E-state index in [9.17, 15) is 10.1 Å². The molecule has 6 nitrogen and oxygen atoms in total. The number of anilines is 2. The van der Waals surface area contributed by atoms with Crippen molar-refractivity contribution in [1.82, 2.24) is 0 Å². The van der Waals surface area contributed by atoms with Crippen LogP contribution in [0.5, 0.6) is 0 Å². The minimum Gasteiger partial charge on any atom is -0.399 e. The Morgan fingerprint density at radius 2 is 2.11 bits per heavy atom. The highest BCUT2D eigenvalue weighted by Gasteiger charge is 2.12. The van der Waals surface area contributed by atoms with Gasteiger partial charge in [0.1, 0.15) is 5.69 Å². The number of nitrogens with one attached hydrogen (secondary N) is 1. The summed E-state index contributed by atoms with van der Waals surface area (Å²) in [6.45, 7) is 0.722. The van der Waals surface area contributed by atoms with Crippen LogP contribution in [0, 0.1) is 10.1 Å². The number of nitrogen functional groups attached to an aromatic ring is 1. The number of nitrogens with zero attached hydrogens (tertiary/aromatic N) is 1. The number of nitro groups is 1. The van der Waals surface area contributed by atoms with Gasteiger partial charge in [-0.05, 0) is 25.0 Å². The number of aliphatic hydroxyl groups is 1. The standard InChI is InChI=1S/C12H17N3O3/c13-10-5-6-11(12(9-10)15(17)18)14-7-3-1-2-4-8-16/h1-2,5-6,9,14,16H,3-4,7-8,13H2/b2-1+. The summed E-state index contributed by atoms with van der Waals surface area (Å²) < 4.78 is 0. The van der Waals surface area contributed by atoms with Crippen molar-refractivity contribution in [3.05, 3.63) is 40.5 Å². The van der Waals surface area contributed by atoms with Gasteiger partial charge in [-0.25, -0.2) is 0 Å². The maximum atomic E-state index is 10.8. The van der Waals surface area contributed by atoms with Crippen molar-refractivity contribution < 1.29 is 10.0 Å². The zero-order valence-corrected chi connectivity index (χ0v) is 10.0. The topological polar surface area (TPSA) is 101 Å². The third-order valence-corrected chi connectivity index (χ3v) is 2.31. The monoisotopic (exact) mass is 251 g/mol. The fourth-order valence-corrected chi connectivity index (χ4v) is 1.45. The van der Waals surface area contributed by atoms with Crippen LogP contribution in [-0.2, 0) is 0 Å². The van der Waals surface area contributed by atoms with E-state index in [1.807, 2.05) is 12.2 Å². The first-order valence-electron chi connectivity index (χ1n) is 5.69. The van der Waals surface area contributed by atoms with Gasteiger partial charge >= 0.3 is 0 Å². The van der Waals surface area contributed by atoms with E-state index in [0.717, 1.165) is 6.42 Å². The van der Waals surface area contributed by atoms with Gasteiger partial charge in [-0.1, -0.05) is 12.2 Å². The molecule has 0 saturated heterocycles. The molecule has 4 N–H and O–H groups in total. The zero-order valence-electron chi connectivity index (χ0n) is 10.0. The number of benzene rings is 1. The van der Waals surface area contributed by atoms with Gasteiger partial charge in [0.25, 0.3) is 5.69 Å². The van der Waals surface area contributed by atoms with Gasteiger partial charge in [0.2, 0.25) is 0 Å². The largest absolute Gasteiger partial charge is 0.399 e. The predicted octanol–water partition coefficient (Wildman–Crippen LogP) is 1.92. The van der Waals surface area contributed by atoms with Crippen molar-refractivity contribution in [2.45, 2.75) is 12.8 Å². The molecule has 0 aliphatic rings. The maximum Gasteiger partial charge on any atom is 0.294 e. The summed E-state index contributed by atoms with van der Waals surface area (Å²) in [6.07, 6.45) is 5.16. The molecule has 0 atom stereocenters. The van der Waals surface area contributed by atoms with Crippen molar-refractivity contribution >= 4 is 17.1 Å². The molecule has 1 rings (SSSR count). The van der Waals surface area contributed by atoms with Crippen LogP contribution in [0.25, 0.3) is 0 Å². The summed E-state index contributed by atoms with van der Waals surface area (Å²) in [7, 11) is 0. The molecule has 6 heteroatoms.